The first-order chi connectivity index (χ1) is 8.26. The van der Waals surface area contributed by atoms with Crippen LogP contribution in [0, 0.1) is 5.41 Å². The van der Waals surface area contributed by atoms with Crippen LogP contribution in [0.2, 0.25) is 0 Å². The standard InChI is InChI=1S/C11H17N3O4/c1-11(2,10(16)17)6-8(15)12-7-5-9(18-4)14(3)13-7/h5H,6H2,1-4H3,(H,16,17)(H,12,13,15). The summed E-state index contributed by atoms with van der Waals surface area (Å²) in [5.74, 6) is -0.581. The molecule has 1 aromatic heterocycles. The van der Waals surface area contributed by atoms with E-state index >= 15 is 0 Å². The van der Waals surface area contributed by atoms with Gasteiger partial charge in [0, 0.05) is 19.5 Å². The van der Waals surface area contributed by atoms with Crippen molar-refractivity contribution in [1.82, 2.24) is 9.78 Å². The molecule has 1 rings (SSSR count). The van der Waals surface area contributed by atoms with E-state index in [1.54, 1.807) is 13.1 Å². The third-order valence-electron chi connectivity index (χ3n) is 2.49. The summed E-state index contributed by atoms with van der Waals surface area (Å²) >= 11 is 0. The average molecular weight is 255 g/mol. The van der Waals surface area contributed by atoms with Crippen LogP contribution in [-0.2, 0) is 16.6 Å². The largest absolute Gasteiger partial charge is 0.481 e. The van der Waals surface area contributed by atoms with Gasteiger partial charge in [-0.2, -0.15) is 5.10 Å². The normalized spacial score (nSPS) is 11.1. The Kier molecular flexibility index (Phi) is 3.95. The van der Waals surface area contributed by atoms with Gasteiger partial charge in [-0.25, -0.2) is 4.68 Å². The zero-order valence-corrected chi connectivity index (χ0v) is 10.9. The third-order valence-corrected chi connectivity index (χ3v) is 2.49. The molecule has 0 aliphatic carbocycles. The van der Waals surface area contributed by atoms with Gasteiger partial charge in [-0.1, -0.05) is 0 Å². The molecular formula is C11H17N3O4. The highest BCUT2D eigenvalue weighted by Crippen LogP contribution is 2.22. The van der Waals surface area contributed by atoms with Crippen molar-refractivity contribution in [1.29, 1.82) is 0 Å². The van der Waals surface area contributed by atoms with E-state index in [0.717, 1.165) is 0 Å². The first kappa shape index (κ1) is 14.0. The minimum absolute atomic E-state index is 0.124. The van der Waals surface area contributed by atoms with E-state index in [0.29, 0.717) is 11.7 Å². The van der Waals surface area contributed by atoms with Crippen LogP contribution >= 0.6 is 0 Å². The maximum Gasteiger partial charge on any atom is 0.309 e. The number of anilines is 1. The van der Waals surface area contributed by atoms with Crippen molar-refractivity contribution >= 4 is 17.7 Å². The Bertz CT molecular complexity index is 465. The molecule has 0 unspecified atom stereocenters. The SMILES string of the molecule is COc1cc(NC(=O)CC(C)(C)C(=O)O)nn1C. The Labute approximate surface area is 105 Å². The summed E-state index contributed by atoms with van der Waals surface area (Å²) in [5.41, 5.74) is -1.11. The number of rotatable bonds is 5. The van der Waals surface area contributed by atoms with Gasteiger partial charge in [0.05, 0.1) is 12.5 Å². The number of nitrogens with one attached hydrogen (secondary N) is 1. The van der Waals surface area contributed by atoms with Gasteiger partial charge in [0.1, 0.15) is 0 Å². The lowest BCUT2D eigenvalue weighted by atomic mass is 9.89. The van der Waals surface area contributed by atoms with Gasteiger partial charge in [-0.3, -0.25) is 9.59 Å². The number of methoxy groups -OCH3 is 1. The van der Waals surface area contributed by atoms with E-state index in [1.807, 2.05) is 0 Å². The fraction of sp³-hybridized carbons (Fsp3) is 0.545. The zero-order chi connectivity index (χ0) is 13.9. The molecule has 0 fully saturated rings. The summed E-state index contributed by atoms with van der Waals surface area (Å²) in [7, 11) is 3.17. The number of hydrogen-bond donors (Lipinski definition) is 2. The van der Waals surface area contributed by atoms with Crippen LogP contribution in [0.3, 0.4) is 0 Å². The number of ether oxygens (including phenoxy) is 1. The number of aliphatic carboxylic acids is 1. The van der Waals surface area contributed by atoms with Gasteiger partial charge < -0.3 is 15.2 Å². The van der Waals surface area contributed by atoms with Crippen LogP contribution in [0.15, 0.2) is 6.07 Å². The summed E-state index contributed by atoms with van der Waals surface area (Å²) in [4.78, 5) is 22.6. The van der Waals surface area contributed by atoms with Crippen molar-refractivity contribution in [3.8, 4) is 5.88 Å². The van der Waals surface area contributed by atoms with Gasteiger partial charge >= 0.3 is 5.97 Å². The fourth-order valence-corrected chi connectivity index (χ4v) is 1.37. The van der Waals surface area contributed by atoms with Crippen LogP contribution in [0.4, 0.5) is 5.82 Å². The number of nitrogens with zero attached hydrogens (tertiary/aromatic N) is 2. The summed E-state index contributed by atoms with van der Waals surface area (Å²) in [6.07, 6.45) is -0.124. The molecule has 0 saturated heterocycles. The third kappa shape index (κ3) is 3.22. The van der Waals surface area contributed by atoms with Crippen molar-refractivity contribution in [2.75, 3.05) is 12.4 Å². The molecule has 0 aliphatic heterocycles. The lowest BCUT2D eigenvalue weighted by molar-refractivity contribution is -0.148. The first-order valence-electron chi connectivity index (χ1n) is 5.37. The second-order valence-electron chi connectivity index (χ2n) is 4.61. The summed E-state index contributed by atoms with van der Waals surface area (Å²) in [5, 5.41) is 15.5. The molecule has 100 valence electrons. The van der Waals surface area contributed by atoms with Crippen LogP contribution < -0.4 is 10.1 Å². The topological polar surface area (TPSA) is 93.4 Å². The zero-order valence-electron chi connectivity index (χ0n) is 10.9. The van der Waals surface area contributed by atoms with E-state index < -0.39 is 17.3 Å². The summed E-state index contributed by atoms with van der Waals surface area (Å²) < 4.78 is 6.47. The molecule has 0 saturated carbocycles. The Hall–Kier alpha value is -2.05. The number of carbonyl (C=O) groups excluding carboxylic acids is 1. The highest BCUT2D eigenvalue weighted by atomic mass is 16.5. The average Bonchev–Trinajstić information content (AvgIpc) is 2.57. The molecule has 18 heavy (non-hydrogen) atoms. The van der Waals surface area contributed by atoms with Gasteiger partial charge in [0.2, 0.25) is 11.8 Å². The highest BCUT2D eigenvalue weighted by Gasteiger charge is 2.30. The number of aromatic nitrogens is 2. The Balaban J connectivity index is 2.67. The molecule has 7 heteroatoms. The summed E-state index contributed by atoms with van der Waals surface area (Å²) in [6, 6.07) is 1.56. The van der Waals surface area contributed by atoms with Crippen molar-refractivity contribution < 1.29 is 19.4 Å². The molecule has 0 aliphatic rings. The van der Waals surface area contributed by atoms with Crippen molar-refractivity contribution in [3.05, 3.63) is 6.07 Å². The molecule has 1 heterocycles. The Morgan fingerprint density at radius 1 is 1.56 bits per heavy atom. The van der Waals surface area contributed by atoms with E-state index in [1.165, 1.54) is 25.6 Å². The molecule has 7 nitrogen and oxygen atoms in total. The molecule has 0 spiro atoms. The van der Waals surface area contributed by atoms with Gasteiger partial charge in [0.15, 0.2) is 5.82 Å². The minimum Gasteiger partial charge on any atom is -0.481 e. The van der Waals surface area contributed by atoms with E-state index in [-0.39, 0.29) is 6.42 Å². The molecule has 0 aromatic carbocycles. The monoisotopic (exact) mass is 255 g/mol. The van der Waals surface area contributed by atoms with Gasteiger partial charge in [-0.15, -0.1) is 0 Å². The van der Waals surface area contributed by atoms with Crippen molar-refractivity contribution in [2.24, 2.45) is 12.5 Å². The van der Waals surface area contributed by atoms with Crippen LogP contribution in [-0.4, -0.2) is 33.9 Å². The highest BCUT2D eigenvalue weighted by molar-refractivity contribution is 5.93. The Morgan fingerprint density at radius 3 is 2.61 bits per heavy atom. The van der Waals surface area contributed by atoms with Gasteiger partial charge in [-0.05, 0) is 13.8 Å². The molecular weight excluding hydrogens is 238 g/mol. The predicted octanol–water partition coefficient (Wildman–Crippen LogP) is 0.868. The molecule has 0 radical (unpaired) electrons. The number of carboxylic acid groups (broad SMARTS) is 1. The Morgan fingerprint density at radius 2 is 2.17 bits per heavy atom. The summed E-state index contributed by atoms with van der Waals surface area (Å²) in [6.45, 7) is 2.99. The van der Waals surface area contributed by atoms with E-state index in [4.69, 9.17) is 9.84 Å². The van der Waals surface area contributed by atoms with Crippen LogP contribution in [0.1, 0.15) is 20.3 Å². The molecule has 1 aromatic rings. The molecule has 1 amide bonds. The van der Waals surface area contributed by atoms with Crippen molar-refractivity contribution in [2.45, 2.75) is 20.3 Å². The lowest BCUT2D eigenvalue weighted by Gasteiger charge is -2.17. The number of carboxylic acids is 1. The lowest BCUT2D eigenvalue weighted by Crippen LogP contribution is -2.29. The van der Waals surface area contributed by atoms with Crippen LogP contribution in [0.5, 0.6) is 5.88 Å². The maximum absolute atomic E-state index is 11.7. The maximum atomic E-state index is 11.7. The molecule has 0 bridgehead atoms. The molecule has 0 atom stereocenters. The number of aryl methyl sites for hydroxylation is 1. The van der Waals surface area contributed by atoms with E-state index in [9.17, 15) is 9.59 Å². The molecule has 2 N–H and O–H groups in total. The second-order valence-corrected chi connectivity index (χ2v) is 4.61. The van der Waals surface area contributed by atoms with Gasteiger partial charge in [0.25, 0.3) is 0 Å². The smallest absolute Gasteiger partial charge is 0.309 e. The first-order valence-corrected chi connectivity index (χ1v) is 5.37. The fourth-order valence-electron chi connectivity index (χ4n) is 1.37. The van der Waals surface area contributed by atoms with Crippen molar-refractivity contribution in [3.63, 3.8) is 0 Å². The number of amides is 1. The van der Waals surface area contributed by atoms with E-state index in [2.05, 4.69) is 10.4 Å². The second kappa shape index (κ2) is 5.07. The quantitative estimate of drug-likeness (QED) is 0.814. The number of carbonyl (C=O) groups is 2. The van der Waals surface area contributed by atoms with Crippen LogP contribution in [0.25, 0.3) is 0 Å². The minimum atomic E-state index is -1.11. The predicted molar refractivity (Wildman–Crippen MR) is 64.4 cm³/mol. The number of hydrogen-bond acceptors (Lipinski definition) is 4.